The molecule has 1 aliphatic carbocycles. The first-order valence-corrected chi connectivity index (χ1v) is 6.20. The van der Waals surface area contributed by atoms with Gasteiger partial charge in [0.05, 0.1) is 0 Å². The SMILES string of the molecule is C=C(C)CC(NCC)C1CCC(F)(F)CC1. The number of halogens is 2. The van der Waals surface area contributed by atoms with Crippen molar-refractivity contribution in [1.29, 1.82) is 0 Å². The topological polar surface area (TPSA) is 12.0 Å². The Hall–Kier alpha value is -0.440. The molecule has 0 heterocycles. The molecule has 0 amide bonds. The van der Waals surface area contributed by atoms with Gasteiger partial charge in [0.15, 0.2) is 0 Å². The number of hydrogen-bond acceptors (Lipinski definition) is 1. The van der Waals surface area contributed by atoms with Crippen LogP contribution in [0, 0.1) is 5.92 Å². The fourth-order valence-corrected chi connectivity index (χ4v) is 2.51. The summed E-state index contributed by atoms with van der Waals surface area (Å²) < 4.78 is 26.1. The summed E-state index contributed by atoms with van der Waals surface area (Å²) in [5.41, 5.74) is 1.13. The van der Waals surface area contributed by atoms with Crippen molar-refractivity contribution in [1.82, 2.24) is 5.32 Å². The minimum Gasteiger partial charge on any atom is -0.314 e. The summed E-state index contributed by atoms with van der Waals surface area (Å²) in [6.45, 7) is 8.87. The molecule has 3 heteroatoms. The monoisotopic (exact) mass is 231 g/mol. The Bertz CT molecular complexity index is 228. The molecule has 0 saturated heterocycles. The average molecular weight is 231 g/mol. The Morgan fingerprint density at radius 1 is 1.44 bits per heavy atom. The zero-order valence-electron chi connectivity index (χ0n) is 10.4. The Labute approximate surface area is 97.3 Å². The molecule has 0 aromatic heterocycles. The van der Waals surface area contributed by atoms with Gasteiger partial charge in [-0.2, -0.15) is 0 Å². The summed E-state index contributed by atoms with van der Waals surface area (Å²) in [6, 6.07) is 0.332. The lowest BCUT2D eigenvalue weighted by Gasteiger charge is -2.34. The van der Waals surface area contributed by atoms with Crippen molar-refractivity contribution in [2.75, 3.05) is 6.54 Å². The van der Waals surface area contributed by atoms with Crippen molar-refractivity contribution in [2.45, 2.75) is 57.9 Å². The van der Waals surface area contributed by atoms with Crippen LogP contribution in [0.4, 0.5) is 8.78 Å². The lowest BCUT2D eigenvalue weighted by Crippen LogP contribution is -2.40. The molecule has 0 radical (unpaired) electrons. The molecule has 0 bridgehead atoms. The first kappa shape index (κ1) is 13.6. The maximum Gasteiger partial charge on any atom is 0.248 e. The van der Waals surface area contributed by atoms with E-state index in [4.69, 9.17) is 0 Å². The summed E-state index contributed by atoms with van der Waals surface area (Å²) in [5.74, 6) is -2.03. The van der Waals surface area contributed by atoms with Gasteiger partial charge in [0.2, 0.25) is 5.92 Å². The zero-order chi connectivity index (χ0) is 12.2. The first-order chi connectivity index (χ1) is 7.44. The summed E-state index contributed by atoms with van der Waals surface area (Å²) >= 11 is 0. The second kappa shape index (κ2) is 5.76. The van der Waals surface area contributed by atoms with Gasteiger partial charge < -0.3 is 5.32 Å². The Morgan fingerprint density at radius 2 is 2.00 bits per heavy atom. The van der Waals surface area contributed by atoms with E-state index in [9.17, 15) is 8.78 Å². The molecule has 0 aliphatic heterocycles. The number of alkyl halides is 2. The summed E-state index contributed by atoms with van der Waals surface area (Å²) in [7, 11) is 0. The molecule has 1 N–H and O–H groups in total. The van der Waals surface area contributed by atoms with Crippen molar-refractivity contribution < 1.29 is 8.78 Å². The third kappa shape index (κ3) is 4.20. The molecule has 1 aliphatic rings. The minimum atomic E-state index is -2.42. The van der Waals surface area contributed by atoms with Crippen LogP contribution in [0.3, 0.4) is 0 Å². The van der Waals surface area contributed by atoms with Crippen LogP contribution in [-0.2, 0) is 0 Å². The smallest absolute Gasteiger partial charge is 0.248 e. The van der Waals surface area contributed by atoms with E-state index in [1.165, 1.54) is 0 Å². The fourth-order valence-electron chi connectivity index (χ4n) is 2.51. The highest BCUT2D eigenvalue weighted by molar-refractivity contribution is 4.96. The number of rotatable bonds is 5. The average Bonchev–Trinajstić information content (AvgIpc) is 2.16. The maximum atomic E-state index is 13.1. The maximum absolute atomic E-state index is 13.1. The third-order valence-electron chi connectivity index (χ3n) is 3.37. The fraction of sp³-hybridized carbons (Fsp3) is 0.846. The Balaban J connectivity index is 2.49. The van der Waals surface area contributed by atoms with Gasteiger partial charge in [-0.1, -0.05) is 12.5 Å². The van der Waals surface area contributed by atoms with Gasteiger partial charge in [-0.05, 0) is 38.6 Å². The molecule has 0 aromatic rings. The van der Waals surface area contributed by atoms with E-state index in [0.29, 0.717) is 24.8 Å². The molecular formula is C13H23F2N. The van der Waals surface area contributed by atoms with Crippen LogP contribution in [0.5, 0.6) is 0 Å². The van der Waals surface area contributed by atoms with Crippen LogP contribution in [0.1, 0.15) is 46.0 Å². The van der Waals surface area contributed by atoms with E-state index < -0.39 is 5.92 Å². The highest BCUT2D eigenvalue weighted by atomic mass is 19.3. The third-order valence-corrected chi connectivity index (χ3v) is 3.37. The lowest BCUT2D eigenvalue weighted by atomic mass is 9.80. The minimum absolute atomic E-state index is 0.0513. The Kier molecular flexibility index (Phi) is 4.90. The standard InChI is InChI=1S/C13H23F2N/c1-4-16-12(9-10(2)3)11-5-7-13(14,15)8-6-11/h11-12,16H,2,4-9H2,1,3H3. The van der Waals surface area contributed by atoms with Crippen LogP contribution in [0.25, 0.3) is 0 Å². The van der Waals surface area contributed by atoms with Crippen molar-refractivity contribution in [3.05, 3.63) is 12.2 Å². The van der Waals surface area contributed by atoms with Gasteiger partial charge in [0.1, 0.15) is 0 Å². The summed E-state index contributed by atoms with van der Waals surface area (Å²) in [6.07, 6.45) is 2.28. The first-order valence-electron chi connectivity index (χ1n) is 6.20. The molecular weight excluding hydrogens is 208 g/mol. The normalized spacial score (nSPS) is 23.0. The van der Waals surface area contributed by atoms with E-state index in [-0.39, 0.29) is 12.8 Å². The number of nitrogens with one attached hydrogen (secondary N) is 1. The molecule has 1 rings (SSSR count). The molecule has 0 spiro atoms. The molecule has 1 fully saturated rings. The largest absolute Gasteiger partial charge is 0.314 e. The van der Waals surface area contributed by atoms with Gasteiger partial charge in [-0.25, -0.2) is 8.78 Å². The number of hydrogen-bond donors (Lipinski definition) is 1. The van der Waals surface area contributed by atoms with Crippen LogP contribution in [-0.4, -0.2) is 18.5 Å². The predicted molar refractivity (Wildman–Crippen MR) is 63.8 cm³/mol. The van der Waals surface area contributed by atoms with Crippen LogP contribution in [0.2, 0.25) is 0 Å². The predicted octanol–water partition coefficient (Wildman–Crippen LogP) is 3.76. The van der Waals surface area contributed by atoms with Gasteiger partial charge in [0.25, 0.3) is 0 Å². The Morgan fingerprint density at radius 3 is 2.44 bits per heavy atom. The second-order valence-electron chi connectivity index (χ2n) is 5.02. The summed E-state index contributed by atoms with van der Waals surface area (Å²) in [4.78, 5) is 0. The molecule has 94 valence electrons. The highest BCUT2D eigenvalue weighted by Gasteiger charge is 2.37. The molecule has 1 saturated carbocycles. The molecule has 0 aromatic carbocycles. The lowest BCUT2D eigenvalue weighted by molar-refractivity contribution is -0.0494. The zero-order valence-corrected chi connectivity index (χ0v) is 10.4. The van der Waals surface area contributed by atoms with E-state index in [1.807, 2.05) is 6.92 Å². The van der Waals surface area contributed by atoms with Gasteiger partial charge >= 0.3 is 0 Å². The second-order valence-corrected chi connectivity index (χ2v) is 5.02. The van der Waals surface area contributed by atoms with Gasteiger partial charge in [-0.15, -0.1) is 6.58 Å². The van der Waals surface area contributed by atoms with Gasteiger partial charge in [0, 0.05) is 18.9 Å². The summed E-state index contributed by atoms with van der Waals surface area (Å²) in [5, 5.41) is 3.41. The van der Waals surface area contributed by atoms with Crippen LogP contribution < -0.4 is 5.32 Å². The van der Waals surface area contributed by atoms with E-state index in [2.05, 4.69) is 18.8 Å². The van der Waals surface area contributed by atoms with E-state index in [1.54, 1.807) is 0 Å². The quantitative estimate of drug-likeness (QED) is 0.710. The molecule has 1 nitrogen and oxygen atoms in total. The van der Waals surface area contributed by atoms with E-state index >= 15 is 0 Å². The molecule has 1 atom stereocenters. The van der Waals surface area contributed by atoms with Crippen molar-refractivity contribution >= 4 is 0 Å². The van der Waals surface area contributed by atoms with Crippen molar-refractivity contribution in [3.8, 4) is 0 Å². The van der Waals surface area contributed by atoms with Crippen LogP contribution in [0.15, 0.2) is 12.2 Å². The molecule has 1 unspecified atom stereocenters. The molecule has 16 heavy (non-hydrogen) atoms. The van der Waals surface area contributed by atoms with Crippen molar-refractivity contribution in [2.24, 2.45) is 5.92 Å². The van der Waals surface area contributed by atoms with Crippen LogP contribution >= 0.6 is 0 Å². The van der Waals surface area contributed by atoms with Crippen molar-refractivity contribution in [3.63, 3.8) is 0 Å². The van der Waals surface area contributed by atoms with Gasteiger partial charge in [-0.3, -0.25) is 0 Å². The highest BCUT2D eigenvalue weighted by Crippen LogP contribution is 2.38. The van der Waals surface area contributed by atoms with E-state index in [0.717, 1.165) is 18.5 Å².